The second kappa shape index (κ2) is 19.1. The minimum atomic E-state index is -1.67. The molecule has 3 atom stereocenters. The Morgan fingerprint density at radius 1 is 0.491 bits per heavy atom. The molecule has 0 saturated carbocycles. The monoisotopic (exact) mass is 742 g/mol. The topological polar surface area (TPSA) is 98.0 Å². The second-order valence-corrected chi connectivity index (χ2v) is 15.4. The van der Waals surface area contributed by atoms with E-state index in [0.717, 1.165) is 19.3 Å². The Bertz CT molecular complexity index is 1840. The van der Waals surface area contributed by atoms with Gasteiger partial charge in [0.1, 0.15) is 17.3 Å². The maximum atomic E-state index is 15.3. The molecular weight excluding hydrogens is 685 g/mol. The van der Waals surface area contributed by atoms with Crippen molar-refractivity contribution in [1.82, 2.24) is 0 Å². The molecule has 3 aliphatic rings. The second-order valence-electron chi connectivity index (χ2n) is 15.4. The Labute approximate surface area is 327 Å². The van der Waals surface area contributed by atoms with Crippen LogP contribution in [0.2, 0.25) is 0 Å². The molecule has 0 fully saturated rings. The smallest absolute Gasteiger partial charge is 0.261 e. The fourth-order valence-corrected chi connectivity index (χ4v) is 8.61. The Kier molecular flexibility index (Phi) is 13.8. The van der Waals surface area contributed by atoms with Gasteiger partial charge in [-0.05, 0) is 63.1 Å². The summed E-state index contributed by atoms with van der Waals surface area (Å²) in [5.41, 5.74) is 1.59. The lowest BCUT2D eigenvalue weighted by atomic mass is 9.60. The number of rotatable bonds is 21. The Hall–Kier alpha value is -4.92. The van der Waals surface area contributed by atoms with E-state index >= 15 is 4.79 Å². The van der Waals surface area contributed by atoms with Crippen LogP contribution in [-0.4, -0.2) is 34.9 Å². The molecule has 9 nitrogen and oxygen atoms in total. The average Bonchev–Trinajstić information content (AvgIpc) is 3.80. The number of anilines is 3. The van der Waals surface area contributed by atoms with Gasteiger partial charge in [0, 0.05) is 5.71 Å². The number of unbranched alkanes of at least 4 members (excludes halogenated alkanes) is 14. The van der Waals surface area contributed by atoms with Crippen LogP contribution in [0, 0.1) is 17.3 Å². The van der Waals surface area contributed by atoms with E-state index in [1.807, 2.05) is 91.0 Å². The van der Waals surface area contributed by atoms with Crippen molar-refractivity contribution < 1.29 is 14.4 Å². The van der Waals surface area contributed by atoms with Crippen LogP contribution in [0.25, 0.3) is 0 Å². The first kappa shape index (κ1) is 39.8. The number of para-hydroxylation sites is 3. The first-order valence-electron chi connectivity index (χ1n) is 20.7. The standard InChI is InChI=1S/C46H58N6O3/c1-4-5-6-7-8-9-10-11-12-13-14-15-16-17-27-34-40-42(44(54)51(49-40)38-30-23-19-24-31-38)46(36(3)48-52(45(46)55)39-32-25-20-26-33-39)41-35(2)47-50(43(41)53)37-28-21-18-22-29-37/h18-26,28-33,41-42H,4-17,27,34H2,1-3H3/t41-,42-,46+/m1/s1. The highest BCUT2D eigenvalue weighted by molar-refractivity contribution is 6.33. The molecular formula is C46H58N6O3. The van der Waals surface area contributed by atoms with Gasteiger partial charge in [0.05, 0.1) is 28.5 Å². The molecule has 0 aromatic heterocycles. The van der Waals surface area contributed by atoms with Crippen LogP contribution in [0.5, 0.6) is 0 Å². The van der Waals surface area contributed by atoms with Crippen molar-refractivity contribution in [3.8, 4) is 0 Å². The zero-order valence-corrected chi connectivity index (χ0v) is 33.0. The summed E-state index contributed by atoms with van der Waals surface area (Å²) in [5, 5.41) is 18.7. The van der Waals surface area contributed by atoms with Gasteiger partial charge in [-0.1, -0.05) is 151 Å². The van der Waals surface area contributed by atoms with Crippen molar-refractivity contribution in [1.29, 1.82) is 0 Å². The molecule has 290 valence electrons. The van der Waals surface area contributed by atoms with Crippen LogP contribution >= 0.6 is 0 Å². The highest BCUT2D eigenvalue weighted by Crippen LogP contribution is 2.51. The van der Waals surface area contributed by atoms with Gasteiger partial charge < -0.3 is 0 Å². The number of carbonyl (C=O) groups excluding carboxylic acids is 3. The lowest BCUT2D eigenvalue weighted by Crippen LogP contribution is -2.59. The van der Waals surface area contributed by atoms with Crippen molar-refractivity contribution in [3.63, 3.8) is 0 Å². The predicted molar refractivity (Wildman–Crippen MR) is 224 cm³/mol. The molecule has 6 rings (SSSR count). The third-order valence-electron chi connectivity index (χ3n) is 11.5. The summed E-state index contributed by atoms with van der Waals surface area (Å²) >= 11 is 0. The summed E-state index contributed by atoms with van der Waals surface area (Å²) in [6.07, 6.45) is 19.4. The van der Waals surface area contributed by atoms with E-state index in [9.17, 15) is 9.59 Å². The largest absolute Gasteiger partial charge is 0.272 e. The molecule has 3 aromatic carbocycles. The summed E-state index contributed by atoms with van der Waals surface area (Å²) in [4.78, 5) is 44.9. The van der Waals surface area contributed by atoms with E-state index in [2.05, 4.69) is 6.92 Å². The maximum absolute atomic E-state index is 15.3. The van der Waals surface area contributed by atoms with Gasteiger partial charge in [-0.25, -0.2) is 10.0 Å². The van der Waals surface area contributed by atoms with Crippen molar-refractivity contribution in [3.05, 3.63) is 91.0 Å². The summed E-state index contributed by atoms with van der Waals surface area (Å²) in [6.45, 7) is 5.82. The average molecular weight is 743 g/mol. The molecule has 0 unspecified atom stereocenters. The lowest BCUT2D eigenvalue weighted by Gasteiger charge is -2.37. The maximum Gasteiger partial charge on any atom is 0.261 e. The first-order valence-corrected chi connectivity index (χ1v) is 20.7. The lowest BCUT2D eigenvalue weighted by molar-refractivity contribution is -0.136. The molecule has 3 heterocycles. The van der Waals surface area contributed by atoms with Crippen LogP contribution in [0.15, 0.2) is 106 Å². The molecule has 0 spiro atoms. The van der Waals surface area contributed by atoms with Crippen LogP contribution in [0.1, 0.15) is 124 Å². The molecule has 3 aliphatic heterocycles. The molecule has 0 radical (unpaired) electrons. The van der Waals surface area contributed by atoms with Gasteiger partial charge >= 0.3 is 0 Å². The molecule has 9 heteroatoms. The number of amides is 3. The van der Waals surface area contributed by atoms with Gasteiger partial charge in [-0.2, -0.15) is 20.3 Å². The minimum absolute atomic E-state index is 0.335. The fourth-order valence-electron chi connectivity index (χ4n) is 8.61. The molecule has 0 aliphatic carbocycles. The Balaban J connectivity index is 1.21. The molecule has 3 aromatic rings. The van der Waals surface area contributed by atoms with Crippen molar-refractivity contribution >= 4 is 51.9 Å². The van der Waals surface area contributed by atoms with E-state index in [1.54, 1.807) is 13.8 Å². The van der Waals surface area contributed by atoms with Crippen LogP contribution in [0.3, 0.4) is 0 Å². The third-order valence-corrected chi connectivity index (χ3v) is 11.5. The first-order chi connectivity index (χ1) is 26.9. The van der Waals surface area contributed by atoms with Gasteiger partial charge in [0.15, 0.2) is 0 Å². The SMILES string of the molecule is CCCCCCCCCCCCCCCCCC1=NN(c2ccccc2)C(=O)[C@@H]1[C@]1([C@H]2C(=O)N(c3ccccc3)N=C2C)C(=O)N(c2ccccc2)N=C1C. The number of carbonyl (C=O) groups is 3. The zero-order chi connectivity index (χ0) is 38.6. The van der Waals surface area contributed by atoms with Gasteiger partial charge in [-0.3, -0.25) is 14.4 Å². The van der Waals surface area contributed by atoms with Crippen molar-refractivity contribution in [2.24, 2.45) is 32.6 Å². The number of hydrogen-bond acceptors (Lipinski definition) is 6. The minimum Gasteiger partial charge on any atom is -0.272 e. The van der Waals surface area contributed by atoms with E-state index < -0.39 is 23.2 Å². The van der Waals surface area contributed by atoms with Gasteiger partial charge in [-0.15, -0.1) is 0 Å². The van der Waals surface area contributed by atoms with Crippen molar-refractivity contribution in [2.75, 3.05) is 15.0 Å². The van der Waals surface area contributed by atoms with Crippen molar-refractivity contribution in [2.45, 2.75) is 124 Å². The molecule has 55 heavy (non-hydrogen) atoms. The number of hydrazone groups is 3. The molecule has 0 saturated heterocycles. The summed E-state index contributed by atoms with van der Waals surface area (Å²) < 4.78 is 0. The van der Waals surface area contributed by atoms with Crippen LogP contribution < -0.4 is 15.0 Å². The molecule has 0 N–H and O–H groups in total. The summed E-state index contributed by atoms with van der Waals surface area (Å²) in [5.74, 6) is -3.22. The molecule has 3 amide bonds. The van der Waals surface area contributed by atoms with Crippen LogP contribution in [-0.2, 0) is 14.4 Å². The van der Waals surface area contributed by atoms with E-state index in [4.69, 9.17) is 15.3 Å². The van der Waals surface area contributed by atoms with E-state index in [0.29, 0.717) is 40.6 Å². The number of hydrogen-bond donors (Lipinski definition) is 0. The fraction of sp³-hybridized carbons (Fsp3) is 0.478. The normalized spacial score (nSPS) is 21.1. The Morgan fingerprint density at radius 2 is 0.891 bits per heavy atom. The predicted octanol–water partition coefficient (Wildman–Crippen LogP) is 10.7. The van der Waals surface area contributed by atoms with E-state index in [-0.39, 0.29) is 11.8 Å². The number of benzene rings is 3. The van der Waals surface area contributed by atoms with Crippen LogP contribution in [0.4, 0.5) is 17.1 Å². The summed E-state index contributed by atoms with van der Waals surface area (Å²) in [7, 11) is 0. The highest BCUT2D eigenvalue weighted by atomic mass is 16.2. The highest BCUT2D eigenvalue weighted by Gasteiger charge is 2.68. The Morgan fingerprint density at radius 3 is 1.36 bits per heavy atom. The third kappa shape index (κ3) is 8.66. The van der Waals surface area contributed by atoms with E-state index in [1.165, 1.54) is 92.1 Å². The molecule has 0 bridgehead atoms. The van der Waals surface area contributed by atoms with Gasteiger partial charge in [0.25, 0.3) is 17.7 Å². The summed E-state index contributed by atoms with van der Waals surface area (Å²) in [6, 6.07) is 27.7. The quantitative estimate of drug-likeness (QED) is 0.102. The van der Waals surface area contributed by atoms with Gasteiger partial charge in [0.2, 0.25) is 0 Å². The zero-order valence-electron chi connectivity index (χ0n) is 33.0. The number of nitrogens with zero attached hydrogens (tertiary/aromatic N) is 6.